The Morgan fingerprint density at radius 3 is 2.02 bits per heavy atom. The van der Waals surface area contributed by atoms with E-state index in [0.29, 0.717) is 12.0 Å². The van der Waals surface area contributed by atoms with Crippen molar-refractivity contribution in [2.45, 2.75) is 134 Å². The molecule has 2 aromatic rings. The molecule has 1 aromatic heterocycles. The fourth-order valence-electron chi connectivity index (χ4n) is 3.48. The number of nitrogens with zero attached hydrogens (tertiary/aromatic N) is 1. The van der Waals surface area contributed by atoms with Crippen LogP contribution in [-0.4, -0.2) is 39.8 Å². The fourth-order valence-corrected chi connectivity index (χ4v) is 5.54. The van der Waals surface area contributed by atoms with Crippen molar-refractivity contribution in [2.75, 3.05) is 11.5 Å². The van der Waals surface area contributed by atoms with E-state index in [0.717, 1.165) is 53.7 Å². The molecule has 1 N–H and O–H groups in total. The Bertz CT molecular complexity index is 1070. The van der Waals surface area contributed by atoms with Crippen molar-refractivity contribution in [3.63, 3.8) is 0 Å². The van der Waals surface area contributed by atoms with Crippen LogP contribution in [0.25, 0.3) is 0 Å². The van der Waals surface area contributed by atoms with Gasteiger partial charge in [-0.1, -0.05) is 78.2 Å². The number of aromatic nitrogens is 1. The maximum absolute atomic E-state index is 12.3. The number of ketones is 1. The van der Waals surface area contributed by atoms with E-state index in [2.05, 4.69) is 63.1 Å². The van der Waals surface area contributed by atoms with Crippen molar-refractivity contribution in [1.29, 1.82) is 0 Å². The molecule has 0 bridgehead atoms. The van der Waals surface area contributed by atoms with Crippen molar-refractivity contribution in [1.82, 2.24) is 10.3 Å². The molecule has 3 rings (SSSR count). The number of Topliss-reactive ketones (excluding diaryl/α,β-unsaturated/α-hetero) is 1. The van der Waals surface area contributed by atoms with Crippen LogP contribution >= 0.6 is 0 Å². The Morgan fingerprint density at radius 2 is 1.58 bits per heavy atom. The molecule has 0 unspecified atom stereocenters. The summed E-state index contributed by atoms with van der Waals surface area (Å²) in [5.74, 6) is 4.13. The largest absolute Gasteiger partial charge is 0.491 e. The zero-order valence-corrected chi connectivity index (χ0v) is 31.2. The fraction of sp³-hybridized carbons (Fsp3) is 0.639. The SMILES string of the molecule is CC.CC(C)C.CCC(C)=O.CCCc1cccc(OC(C)C)c1.Cc1cc(C(=O)NC2(C)CCS(=S)CC2)cnc1C. The maximum Gasteiger partial charge on any atom is 0.253 e. The lowest BCUT2D eigenvalue weighted by Crippen LogP contribution is -2.50. The van der Waals surface area contributed by atoms with Crippen molar-refractivity contribution < 1.29 is 14.3 Å². The zero-order valence-electron chi connectivity index (χ0n) is 29.6. The molecule has 0 aliphatic carbocycles. The van der Waals surface area contributed by atoms with Gasteiger partial charge in [-0.05, 0) is 96.0 Å². The van der Waals surface area contributed by atoms with E-state index < -0.39 is 0 Å². The summed E-state index contributed by atoms with van der Waals surface area (Å²) in [5, 5.41) is 3.16. The van der Waals surface area contributed by atoms with E-state index in [1.165, 1.54) is 12.0 Å². The Hall–Kier alpha value is -2.12. The molecule has 1 amide bonds. The molecule has 246 valence electrons. The van der Waals surface area contributed by atoms with Crippen LogP contribution in [0.4, 0.5) is 0 Å². The number of hydrogen-bond donors (Lipinski definition) is 1. The summed E-state index contributed by atoms with van der Waals surface area (Å²) < 4.78 is 5.60. The first-order chi connectivity index (χ1) is 20.1. The highest BCUT2D eigenvalue weighted by atomic mass is 32.8. The van der Waals surface area contributed by atoms with E-state index in [1.807, 2.05) is 60.6 Å². The first-order valence-electron chi connectivity index (χ1n) is 16.0. The molecule has 0 atom stereocenters. The van der Waals surface area contributed by atoms with Crippen LogP contribution in [0.1, 0.15) is 129 Å². The molecular formula is C36H62N2O3S2. The third-order valence-electron chi connectivity index (χ3n) is 6.09. The molecule has 1 fully saturated rings. The van der Waals surface area contributed by atoms with Gasteiger partial charge in [0.1, 0.15) is 11.5 Å². The minimum atomic E-state index is -0.113. The highest BCUT2D eigenvalue weighted by Gasteiger charge is 2.30. The van der Waals surface area contributed by atoms with Crippen LogP contribution in [-0.2, 0) is 31.9 Å². The first kappa shape index (κ1) is 43.0. The van der Waals surface area contributed by atoms with Crippen molar-refractivity contribution in [3.05, 3.63) is 58.9 Å². The highest BCUT2D eigenvalue weighted by Crippen LogP contribution is 2.22. The average molecular weight is 635 g/mol. The highest BCUT2D eigenvalue weighted by molar-refractivity contribution is 8.28. The molecule has 1 aromatic carbocycles. The Balaban J connectivity index is 0. The van der Waals surface area contributed by atoms with Crippen LogP contribution in [0.2, 0.25) is 0 Å². The summed E-state index contributed by atoms with van der Waals surface area (Å²) in [6, 6.07) is 10.3. The molecule has 1 saturated heterocycles. The van der Waals surface area contributed by atoms with Crippen molar-refractivity contribution in [3.8, 4) is 5.75 Å². The molecule has 0 radical (unpaired) electrons. The van der Waals surface area contributed by atoms with Crippen LogP contribution in [0.15, 0.2) is 36.5 Å². The van der Waals surface area contributed by atoms with Crippen LogP contribution < -0.4 is 10.1 Å². The van der Waals surface area contributed by atoms with Gasteiger partial charge in [0.25, 0.3) is 5.91 Å². The summed E-state index contributed by atoms with van der Waals surface area (Å²) >= 11 is 5.34. The lowest BCUT2D eigenvalue weighted by atomic mass is 9.94. The normalized spacial score (nSPS) is 17.0. The lowest BCUT2D eigenvalue weighted by molar-refractivity contribution is -0.116. The van der Waals surface area contributed by atoms with E-state index in [9.17, 15) is 9.59 Å². The van der Waals surface area contributed by atoms with Gasteiger partial charge in [-0.2, -0.15) is 0 Å². The Kier molecular flexibility index (Phi) is 24.2. The summed E-state index contributed by atoms with van der Waals surface area (Å²) in [6.07, 6.45) is 6.85. The predicted molar refractivity (Wildman–Crippen MR) is 192 cm³/mol. The first-order valence-corrected chi connectivity index (χ1v) is 18.5. The molecule has 0 spiro atoms. The van der Waals surface area contributed by atoms with Gasteiger partial charge < -0.3 is 14.8 Å². The van der Waals surface area contributed by atoms with Crippen LogP contribution in [0, 0.1) is 19.8 Å². The molecule has 43 heavy (non-hydrogen) atoms. The van der Waals surface area contributed by atoms with Gasteiger partial charge >= 0.3 is 0 Å². The number of benzene rings is 1. The van der Waals surface area contributed by atoms with Gasteiger partial charge in [0.2, 0.25) is 0 Å². The number of pyridine rings is 1. The quantitative estimate of drug-likeness (QED) is 0.329. The monoisotopic (exact) mass is 634 g/mol. The second-order valence-electron chi connectivity index (χ2n) is 11.8. The predicted octanol–water partition coefficient (Wildman–Crippen LogP) is 9.16. The Labute approximate surface area is 272 Å². The standard InChI is InChI=1S/C14H20N2OS2.C12H18O.C4H8O.C4H10.C2H6/c1-10-8-12(9-15-11(10)2)13(17)16-14(3)4-6-19(18)7-5-14;1-4-6-11-7-5-8-12(9-11)13-10(2)3;1-3-4(2)5;1-4(2)3;1-2/h8-9H,4-7H2,1-3H3,(H,16,17);5,7-10H,4,6H2,1-3H3;3H2,1-2H3;4H,1-3H3;1-2H3. The van der Waals surface area contributed by atoms with E-state index in [1.54, 1.807) is 13.1 Å². The minimum absolute atomic E-state index is 0.0238. The molecule has 1 aliphatic heterocycles. The number of carbonyl (C=O) groups is 2. The number of hydrogen-bond acceptors (Lipinski definition) is 5. The number of aryl methyl sites for hydroxylation is 3. The third kappa shape index (κ3) is 22.1. The second kappa shape index (κ2) is 24.2. The molecule has 2 heterocycles. The molecule has 7 heteroatoms. The third-order valence-corrected chi connectivity index (χ3v) is 8.41. The smallest absolute Gasteiger partial charge is 0.253 e. The van der Waals surface area contributed by atoms with Gasteiger partial charge in [0.15, 0.2) is 0 Å². The van der Waals surface area contributed by atoms with E-state index >= 15 is 0 Å². The van der Waals surface area contributed by atoms with Crippen molar-refractivity contribution in [2.24, 2.45) is 5.92 Å². The number of rotatable bonds is 7. The molecular weight excluding hydrogens is 573 g/mol. The maximum atomic E-state index is 12.3. The van der Waals surface area contributed by atoms with Crippen LogP contribution in [0.3, 0.4) is 0 Å². The summed E-state index contributed by atoms with van der Waals surface area (Å²) in [4.78, 5) is 26.4. The number of nitrogens with one attached hydrogen (secondary N) is 1. The Morgan fingerprint density at radius 1 is 1.05 bits per heavy atom. The van der Waals surface area contributed by atoms with Gasteiger partial charge in [0.05, 0.1) is 11.7 Å². The topological polar surface area (TPSA) is 68.3 Å². The number of amides is 1. The summed E-state index contributed by atoms with van der Waals surface area (Å²) in [5.41, 5.74) is 3.91. The molecule has 1 aliphatic rings. The number of carbonyl (C=O) groups excluding carboxylic acids is 2. The van der Waals surface area contributed by atoms with Gasteiger partial charge in [-0.15, -0.1) is 9.45 Å². The minimum Gasteiger partial charge on any atom is -0.491 e. The van der Waals surface area contributed by atoms with Gasteiger partial charge in [0, 0.05) is 35.4 Å². The average Bonchev–Trinajstić information content (AvgIpc) is 2.93. The summed E-state index contributed by atoms with van der Waals surface area (Å²) in [7, 11) is 0.117. The van der Waals surface area contributed by atoms with Crippen molar-refractivity contribution >= 4 is 32.3 Å². The van der Waals surface area contributed by atoms with E-state index in [4.69, 9.17) is 15.9 Å². The van der Waals surface area contributed by atoms with E-state index in [-0.39, 0.29) is 32.8 Å². The lowest BCUT2D eigenvalue weighted by Gasteiger charge is -2.35. The van der Waals surface area contributed by atoms with Crippen LogP contribution in [0.5, 0.6) is 5.75 Å². The summed E-state index contributed by atoms with van der Waals surface area (Å²) in [6.45, 7) is 26.3. The second-order valence-corrected chi connectivity index (χ2v) is 15.0. The molecule has 5 nitrogen and oxygen atoms in total. The zero-order chi connectivity index (χ0) is 33.6. The number of ether oxygens (including phenoxy) is 1. The van der Waals surface area contributed by atoms with Gasteiger partial charge in [-0.25, -0.2) is 0 Å². The molecule has 0 saturated carbocycles. The van der Waals surface area contributed by atoms with Gasteiger partial charge in [-0.3, -0.25) is 9.78 Å².